The summed E-state index contributed by atoms with van der Waals surface area (Å²) in [6.45, 7) is 0.243. The van der Waals surface area contributed by atoms with Crippen molar-refractivity contribution in [3.05, 3.63) is 118 Å². The number of carboxylic acid groups (broad SMARTS) is 1. The van der Waals surface area contributed by atoms with E-state index < -0.39 is 5.97 Å². The molecule has 0 bridgehead atoms. The van der Waals surface area contributed by atoms with Gasteiger partial charge in [-0.15, -0.1) is 0 Å². The molecule has 0 unspecified atom stereocenters. The van der Waals surface area contributed by atoms with Crippen LogP contribution in [0.3, 0.4) is 0 Å². The summed E-state index contributed by atoms with van der Waals surface area (Å²) in [6.07, 6.45) is 0.505. The first-order chi connectivity index (χ1) is 18.5. The lowest BCUT2D eigenvalue weighted by molar-refractivity contribution is 0.0696. The Morgan fingerprint density at radius 3 is 2.45 bits per heavy atom. The van der Waals surface area contributed by atoms with Gasteiger partial charge in [-0.1, -0.05) is 59.8 Å². The van der Waals surface area contributed by atoms with Gasteiger partial charge in [-0.2, -0.15) is 4.37 Å². The number of aromatic nitrogens is 2. The van der Waals surface area contributed by atoms with E-state index in [1.807, 2.05) is 35.7 Å². The molecular weight excluding hydrogens is 498 g/mol. The maximum Gasteiger partial charge on any atom is 0.335 e. The van der Waals surface area contributed by atoms with Crippen LogP contribution in [0.5, 0.6) is 0 Å². The zero-order valence-corrected chi connectivity index (χ0v) is 20.9. The molecule has 0 aliphatic carbocycles. The van der Waals surface area contributed by atoms with Gasteiger partial charge in [0.15, 0.2) is 5.58 Å². The number of hydrogen-bond acceptors (Lipinski definition) is 6. The summed E-state index contributed by atoms with van der Waals surface area (Å²) in [7, 11) is 0. The van der Waals surface area contributed by atoms with Crippen molar-refractivity contribution in [1.82, 2.24) is 14.8 Å². The predicted molar refractivity (Wildman–Crippen MR) is 146 cm³/mol. The smallest absolute Gasteiger partial charge is 0.335 e. The summed E-state index contributed by atoms with van der Waals surface area (Å²) >= 11 is 1.33. The van der Waals surface area contributed by atoms with Crippen LogP contribution in [-0.4, -0.2) is 26.5 Å². The summed E-state index contributed by atoms with van der Waals surface area (Å²) in [5.41, 5.74) is 5.21. The van der Waals surface area contributed by atoms with E-state index in [2.05, 4.69) is 45.2 Å². The summed E-state index contributed by atoms with van der Waals surface area (Å²) in [5.74, 6) is -1.27. The Hall–Kier alpha value is -4.82. The molecule has 6 aromatic rings. The van der Waals surface area contributed by atoms with Gasteiger partial charge < -0.3 is 14.9 Å². The lowest BCUT2D eigenvalue weighted by Gasteiger charge is -2.09. The molecule has 0 aliphatic rings. The highest BCUT2D eigenvalue weighted by atomic mass is 32.1. The van der Waals surface area contributed by atoms with E-state index in [1.54, 1.807) is 12.1 Å². The average molecular weight is 520 g/mol. The Labute approximate surface area is 221 Å². The van der Waals surface area contributed by atoms with E-state index in [1.165, 1.54) is 23.7 Å². The second-order valence-corrected chi connectivity index (χ2v) is 9.62. The number of amides is 1. The summed E-state index contributed by atoms with van der Waals surface area (Å²) in [6, 6.07) is 26.4. The van der Waals surface area contributed by atoms with E-state index in [9.17, 15) is 9.59 Å². The highest BCUT2D eigenvalue weighted by Gasteiger charge is 2.21. The molecule has 8 heteroatoms. The van der Waals surface area contributed by atoms with Crippen LogP contribution < -0.4 is 5.32 Å². The fraction of sp³-hybridized carbons (Fsp3) is 0.0667. The molecule has 186 valence electrons. The lowest BCUT2D eigenvalue weighted by Crippen LogP contribution is -2.23. The van der Waals surface area contributed by atoms with Gasteiger partial charge in [0, 0.05) is 23.9 Å². The predicted octanol–water partition coefficient (Wildman–Crippen LogP) is 6.32. The number of fused-ring (bicyclic) bond motifs is 2. The molecule has 0 aliphatic heterocycles. The monoisotopic (exact) mass is 519 g/mol. The zero-order chi connectivity index (χ0) is 26.1. The minimum absolute atomic E-state index is 0.195. The second kappa shape index (κ2) is 9.91. The summed E-state index contributed by atoms with van der Waals surface area (Å²) in [5, 5.41) is 21.3. The molecule has 0 saturated heterocycles. The number of rotatable bonds is 7. The molecule has 0 radical (unpaired) electrons. The third-order valence-electron chi connectivity index (χ3n) is 6.46. The standard InChI is InChI=1S/C30H21N3O4S/c34-29(31-17-18-5-9-21(10-6-18)30(35)36)24-15-23(25-11-12-38-33-25)16-27-28(24)26(32-37-27)14-19-7-8-20-3-1-2-4-22(20)13-19/h1-13,15-16H,14,17H2,(H,31,34)(H,35,36). The lowest BCUT2D eigenvalue weighted by atomic mass is 9.98. The molecule has 0 atom stereocenters. The molecule has 0 saturated carbocycles. The van der Waals surface area contributed by atoms with Gasteiger partial charge in [-0.25, -0.2) is 4.79 Å². The van der Waals surface area contributed by atoms with Crippen molar-refractivity contribution < 1.29 is 19.2 Å². The van der Waals surface area contributed by atoms with E-state index >= 15 is 0 Å². The molecule has 1 amide bonds. The minimum atomic E-state index is -0.992. The number of hydrogen-bond donors (Lipinski definition) is 2. The first-order valence-electron chi connectivity index (χ1n) is 12.0. The fourth-order valence-corrected chi connectivity index (χ4v) is 5.06. The van der Waals surface area contributed by atoms with Crippen molar-refractivity contribution in [1.29, 1.82) is 0 Å². The minimum Gasteiger partial charge on any atom is -0.478 e. The van der Waals surface area contributed by atoms with E-state index in [4.69, 9.17) is 9.63 Å². The maximum atomic E-state index is 13.5. The van der Waals surface area contributed by atoms with Crippen LogP contribution >= 0.6 is 11.5 Å². The summed E-state index contributed by atoms with van der Waals surface area (Å²) in [4.78, 5) is 24.6. The molecule has 0 spiro atoms. The van der Waals surface area contributed by atoms with Gasteiger partial charge in [0.2, 0.25) is 0 Å². The van der Waals surface area contributed by atoms with Crippen molar-refractivity contribution >= 4 is 45.2 Å². The fourth-order valence-electron chi connectivity index (χ4n) is 4.53. The van der Waals surface area contributed by atoms with Crippen LogP contribution in [0, 0.1) is 0 Å². The highest BCUT2D eigenvalue weighted by Crippen LogP contribution is 2.31. The molecule has 2 aromatic heterocycles. The normalized spacial score (nSPS) is 11.2. The Morgan fingerprint density at radius 2 is 1.68 bits per heavy atom. The van der Waals surface area contributed by atoms with Crippen LogP contribution in [0.25, 0.3) is 33.0 Å². The quantitative estimate of drug-likeness (QED) is 0.256. The SMILES string of the molecule is O=C(O)c1ccc(CNC(=O)c2cc(-c3ccsn3)cc3onc(Cc4ccc5ccccc5c4)c23)cc1. The van der Waals surface area contributed by atoms with Crippen LogP contribution in [0.2, 0.25) is 0 Å². The summed E-state index contributed by atoms with van der Waals surface area (Å²) < 4.78 is 10.1. The third-order valence-corrected chi connectivity index (χ3v) is 7.02. The zero-order valence-electron chi connectivity index (χ0n) is 20.0. The second-order valence-electron chi connectivity index (χ2n) is 8.95. The number of carboxylic acids is 1. The van der Waals surface area contributed by atoms with Gasteiger partial charge in [-0.05, 0) is 63.8 Å². The molecule has 4 aromatic carbocycles. The van der Waals surface area contributed by atoms with Gasteiger partial charge in [-0.3, -0.25) is 4.79 Å². The molecule has 6 rings (SSSR count). The maximum absolute atomic E-state index is 13.5. The topological polar surface area (TPSA) is 105 Å². The molecule has 38 heavy (non-hydrogen) atoms. The first kappa shape index (κ1) is 23.6. The van der Waals surface area contributed by atoms with Crippen LogP contribution in [0.1, 0.15) is 37.5 Å². The first-order valence-corrected chi connectivity index (χ1v) is 12.8. The van der Waals surface area contributed by atoms with Gasteiger partial charge in [0.25, 0.3) is 5.91 Å². The largest absolute Gasteiger partial charge is 0.478 e. The number of carbonyl (C=O) groups excluding carboxylic acids is 1. The van der Waals surface area contributed by atoms with Crippen molar-refractivity contribution in [2.75, 3.05) is 0 Å². The Balaban J connectivity index is 1.35. The van der Waals surface area contributed by atoms with Crippen molar-refractivity contribution in [2.45, 2.75) is 13.0 Å². The van der Waals surface area contributed by atoms with Crippen molar-refractivity contribution in [3.63, 3.8) is 0 Å². The van der Waals surface area contributed by atoms with Crippen molar-refractivity contribution in [2.24, 2.45) is 0 Å². The van der Waals surface area contributed by atoms with Crippen LogP contribution in [-0.2, 0) is 13.0 Å². The Kier molecular flexibility index (Phi) is 6.15. The number of nitrogens with one attached hydrogen (secondary N) is 1. The van der Waals surface area contributed by atoms with Gasteiger partial charge >= 0.3 is 5.97 Å². The molecule has 2 heterocycles. The molecular formula is C30H21N3O4S. The van der Waals surface area contributed by atoms with Gasteiger partial charge in [0.05, 0.1) is 27.9 Å². The number of aromatic carboxylic acids is 1. The van der Waals surface area contributed by atoms with E-state index in [0.717, 1.165) is 33.2 Å². The number of nitrogens with zero attached hydrogens (tertiary/aromatic N) is 2. The third kappa shape index (κ3) is 4.65. The van der Waals surface area contributed by atoms with Gasteiger partial charge in [0.1, 0.15) is 0 Å². The van der Waals surface area contributed by atoms with Crippen molar-refractivity contribution in [3.8, 4) is 11.3 Å². The number of benzene rings is 4. The average Bonchev–Trinajstić information content (AvgIpc) is 3.62. The Bertz CT molecular complexity index is 1790. The molecule has 0 fully saturated rings. The Morgan fingerprint density at radius 1 is 0.895 bits per heavy atom. The number of carbonyl (C=O) groups is 2. The molecule has 7 nitrogen and oxygen atoms in total. The van der Waals surface area contributed by atoms with Crippen LogP contribution in [0.4, 0.5) is 0 Å². The van der Waals surface area contributed by atoms with Crippen LogP contribution in [0.15, 0.2) is 94.8 Å². The molecule has 2 N–H and O–H groups in total. The highest BCUT2D eigenvalue weighted by molar-refractivity contribution is 7.03. The van der Waals surface area contributed by atoms with E-state index in [-0.39, 0.29) is 18.0 Å². The van der Waals surface area contributed by atoms with E-state index in [0.29, 0.717) is 28.6 Å².